The van der Waals surface area contributed by atoms with Crippen molar-refractivity contribution in [2.24, 2.45) is 22.5 Å². The maximum atomic E-state index is 14.4. The molecule has 0 bridgehead atoms. The van der Waals surface area contributed by atoms with Crippen molar-refractivity contribution in [2.45, 2.75) is 46.6 Å². The molecule has 1 saturated carbocycles. The van der Waals surface area contributed by atoms with E-state index in [2.05, 4.69) is 33.0 Å². The summed E-state index contributed by atoms with van der Waals surface area (Å²) in [6.07, 6.45) is 1.10. The zero-order chi connectivity index (χ0) is 15.6. The van der Waals surface area contributed by atoms with Crippen LogP contribution in [0.4, 0.5) is 10.1 Å². The molecule has 0 aromatic heterocycles. The molecular weight excluding hydrogens is 267 g/mol. The number of benzene rings is 1. The highest BCUT2D eigenvalue weighted by Gasteiger charge is 2.66. The first-order valence-electron chi connectivity index (χ1n) is 7.54. The Balaban J connectivity index is 1.95. The third-order valence-electron chi connectivity index (χ3n) is 5.97. The lowest BCUT2D eigenvalue weighted by Crippen LogP contribution is -2.22. The Labute approximate surface area is 125 Å². The maximum absolute atomic E-state index is 14.4. The monoisotopic (exact) mass is 290 g/mol. The lowest BCUT2D eigenvalue weighted by atomic mass is 9.92. The van der Waals surface area contributed by atoms with Gasteiger partial charge in [-0.15, -0.1) is 0 Å². The van der Waals surface area contributed by atoms with Crippen molar-refractivity contribution in [1.29, 1.82) is 0 Å². The molecule has 21 heavy (non-hydrogen) atoms. The molecule has 1 unspecified atom stereocenters. The van der Waals surface area contributed by atoms with Gasteiger partial charge in [0.15, 0.2) is 0 Å². The highest BCUT2D eigenvalue weighted by molar-refractivity contribution is 5.93. The van der Waals surface area contributed by atoms with Gasteiger partial charge in [0.1, 0.15) is 5.82 Å². The van der Waals surface area contributed by atoms with Crippen LogP contribution >= 0.6 is 0 Å². The normalized spacial score (nSPS) is 24.2. The van der Waals surface area contributed by atoms with E-state index in [1.165, 1.54) is 6.07 Å². The van der Waals surface area contributed by atoms with Gasteiger partial charge in [-0.05, 0) is 40.9 Å². The van der Waals surface area contributed by atoms with Crippen molar-refractivity contribution in [1.82, 2.24) is 0 Å². The first-order chi connectivity index (χ1) is 9.66. The number of fused-ring (bicyclic) bond motifs is 1. The third-order valence-corrected chi connectivity index (χ3v) is 5.97. The molecule has 3 N–H and O–H groups in total. The SMILES string of the molecule is CC1(C)C(C(N)c2cc3c(cc2F)NC(=O)CC3)C1(C)C. The van der Waals surface area contributed by atoms with Gasteiger partial charge in [0, 0.05) is 23.7 Å². The number of halogens is 1. The molecule has 1 fully saturated rings. The average molecular weight is 290 g/mol. The van der Waals surface area contributed by atoms with Crippen molar-refractivity contribution in [3.8, 4) is 0 Å². The summed E-state index contributed by atoms with van der Waals surface area (Å²) in [5, 5.41) is 2.72. The maximum Gasteiger partial charge on any atom is 0.224 e. The van der Waals surface area contributed by atoms with Gasteiger partial charge in [0.25, 0.3) is 0 Å². The molecule has 2 aliphatic rings. The lowest BCUT2D eigenvalue weighted by molar-refractivity contribution is -0.116. The molecule has 3 rings (SSSR count). The van der Waals surface area contributed by atoms with E-state index in [0.717, 1.165) is 5.56 Å². The highest BCUT2D eigenvalue weighted by atomic mass is 19.1. The molecule has 1 heterocycles. The van der Waals surface area contributed by atoms with Gasteiger partial charge in [-0.1, -0.05) is 27.7 Å². The molecule has 4 heteroatoms. The molecule has 1 aromatic carbocycles. The zero-order valence-electron chi connectivity index (χ0n) is 13.1. The Morgan fingerprint density at radius 1 is 1.24 bits per heavy atom. The van der Waals surface area contributed by atoms with Crippen LogP contribution in [-0.2, 0) is 11.2 Å². The number of amides is 1. The van der Waals surface area contributed by atoms with Gasteiger partial charge in [-0.25, -0.2) is 4.39 Å². The second kappa shape index (κ2) is 4.29. The number of carbonyl (C=O) groups excluding carboxylic acids is 1. The largest absolute Gasteiger partial charge is 0.326 e. The van der Waals surface area contributed by atoms with Crippen LogP contribution in [0.5, 0.6) is 0 Å². The van der Waals surface area contributed by atoms with Crippen LogP contribution in [0.1, 0.15) is 51.3 Å². The zero-order valence-corrected chi connectivity index (χ0v) is 13.1. The fourth-order valence-corrected chi connectivity index (χ4v) is 4.00. The summed E-state index contributed by atoms with van der Waals surface area (Å²) in [6, 6.07) is 2.96. The summed E-state index contributed by atoms with van der Waals surface area (Å²) in [7, 11) is 0. The van der Waals surface area contributed by atoms with Gasteiger partial charge in [0.05, 0.1) is 0 Å². The molecule has 1 aliphatic carbocycles. The molecule has 0 saturated heterocycles. The first kappa shape index (κ1) is 14.5. The Morgan fingerprint density at radius 3 is 2.43 bits per heavy atom. The van der Waals surface area contributed by atoms with Gasteiger partial charge in [0.2, 0.25) is 5.91 Å². The second-order valence-corrected chi connectivity index (χ2v) is 7.53. The standard InChI is InChI=1S/C17H23FN2O/c1-16(2)15(17(16,3)4)14(19)10-7-9-5-6-13(21)20-12(9)8-11(10)18/h7-8,14-15H,5-6,19H2,1-4H3,(H,20,21). The number of nitrogens with one attached hydrogen (secondary N) is 1. The molecule has 0 spiro atoms. The Kier molecular flexibility index (Phi) is 2.97. The molecule has 1 atom stereocenters. The predicted molar refractivity (Wildman–Crippen MR) is 81.3 cm³/mol. The smallest absolute Gasteiger partial charge is 0.224 e. The topological polar surface area (TPSA) is 55.1 Å². The van der Waals surface area contributed by atoms with E-state index < -0.39 is 0 Å². The van der Waals surface area contributed by atoms with Crippen LogP contribution in [0.15, 0.2) is 12.1 Å². The fourth-order valence-electron chi connectivity index (χ4n) is 4.00. The summed E-state index contributed by atoms with van der Waals surface area (Å²) in [5.74, 6) is -0.110. The van der Waals surface area contributed by atoms with Gasteiger partial charge in [-0.2, -0.15) is 0 Å². The van der Waals surface area contributed by atoms with Crippen molar-refractivity contribution in [3.05, 3.63) is 29.1 Å². The highest BCUT2D eigenvalue weighted by Crippen LogP contribution is 2.71. The van der Waals surface area contributed by atoms with Gasteiger partial charge >= 0.3 is 0 Å². The molecule has 114 valence electrons. The molecule has 1 aromatic rings. The third kappa shape index (κ3) is 2.00. The van der Waals surface area contributed by atoms with Crippen LogP contribution in [0.25, 0.3) is 0 Å². The van der Waals surface area contributed by atoms with Crippen molar-refractivity contribution in [3.63, 3.8) is 0 Å². The number of aryl methyl sites for hydroxylation is 1. The van der Waals surface area contributed by atoms with E-state index in [1.807, 2.05) is 6.07 Å². The summed E-state index contributed by atoms with van der Waals surface area (Å²) in [5.41, 5.74) is 8.77. The number of carbonyl (C=O) groups is 1. The van der Waals surface area contributed by atoms with Gasteiger partial charge in [-0.3, -0.25) is 4.79 Å². The molecular formula is C17H23FN2O. The van der Waals surface area contributed by atoms with Crippen LogP contribution in [0, 0.1) is 22.6 Å². The Bertz CT molecular complexity index is 607. The quantitative estimate of drug-likeness (QED) is 0.877. The van der Waals surface area contributed by atoms with Crippen LogP contribution in [-0.4, -0.2) is 5.91 Å². The minimum atomic E-state index is -0.318. The summed E-state index contributed by atoms with van der Waals surface area (Å²) in [6.45, 7) is 8.75. The Morgan fingerprint density at radius 2 is 1.86 bits per heavy atom. The van der Waals surface area contributed by atoms with E-state index in [0.29, 0.717) is 24.1 Å². The van der Waals surface area contributed by atoms with Crippen molar-refractivity contribution in [2.75, 3.05) is 5.32 Å². The lowest BCUT2D eigenvalue weighted by Gasteiger charge is -2.21. The number of hydrogen-bond acceptors (Lipinski definition) is 2. The number of hydrogen-bond donors (Lipinski definition) is 2. The van der Waals surface area contributed by atoms with E-state index in [1.54, 1.807) is 0 Å². The average Bonchev–Trinajstić information content (AvgIpc) is 2.78. The van der Waals surface area contributed by atoms with E-state index in [4.69, 9.17) is 5.73 Å². The minimum absolute atomic E-state index is 0.0524. The number of nitrogens with two attached hydrogens (primary N) is 1. The summed E-state index contributed by atoms with van der Waals surface area (Å²) in [4.78, 5) is 11.4. The minimum Gasteiger partial charge on any atom is -0.326 e. The Hall–Kier alpha value is -1.42. The molecule has 3 nitrogen and oxygen atoms in total. The molecule has 1 amide bonds. The second-order valence-electron chi connectivity index (χ2n) is 7.53. The summed E-state index contributed by atoms with van der Waals surface area (Å²) >= 11 is 0. The fraction of sp³-hybridized carbons (Fsp3) is 0.588. The first-order valence-corrected chi connectivity index (χ1v) is 7.54. The van der Waals surface area contributed by atoms with E-state index >= 15 is 0 Å². The number of rotatable bonds is 2. The van der Waals surface area contributed by atoms with Crippen LogP contribution in [0.3, 0.4) is 0 Å². The molecule has 0 radical (unpaired) electrons. The van der Waals surface area contributed by atoms with E-state index in [-0.39, 0.29) is 34.5 Å². The van der Waals surface area contributed by atoms with Crippen LogP contribution in [0.2, 0.25) is 0 Å². The van der Waals surface area contributed by atoms with E-state index in [9.17, 15) is 9.18 Å². The van der Waals surface area contributed by atoms with Crippen molar-refractivity contribution < 1.29 is 9.18 Å². The number of anilines is 1. The summed E-state index contributed by atoms with van der Waals surface area (Å²) < 4.78 is 14.4. The van der Waals surface area contributed by atoms with Gasteiger partial charge < -0.3 is 11.1 Å². The van der Waals surface area contributed by atoms with Crippen LogP contribution < -0.4 is 11.1 Å². The van der Waals surface area contributed by atoms with Crippen molar-refractivity contribution >= 4 is 11.6 Å². The molecule has 1 aliphatic heterocycles. The predicted octanol–water partition coefficient (Wildman–Crippen LogP) is 3.39.